The summed E-state index contributed by atoms with van der Waals surface area (Å²) in [6.45, 7) is 5.44. The summed E-state index contributed by atoms with van der Waals surface area (Å²) < 4.78 is 43.6. The second-order valence-electron chi connectivity index (χ2n) is 7.26. The van der Waals surface area contributed by atoms with Crippen molar-refractivity contribution in [1.82, 2.24) is 5.32 Å². The number of carbonyl (C=O) groups is 1. The number of amides is 1. The molecule has 0 radical (unpaired) electrons. The van der Waals surface area contributed by atoms with Crippen LogP contribution in [0.1, 0.15) is 52.0 Å². The Labute approximate surface area is 150 Å². The summed E-state index contributed by atoms with van der Waals surface area (Å²) in [6.07, 6.45) is -1.43. The molecule has 0 saturated heterocycles. The molecule has 140 valence electrons. The Bertz CT molecular complexity index is 591. The molecule has 1 saturated carbocycles. The summed E-state index contributed by atoms with van der Waals surface area (Å²) in [6, 6.07) is 5.51. The Hall–Kier alpha value is -1.37. The molecule has 0 spiro atoms. The maximum absolute atomic E-state index is 12.8. The third-order valence-corrected chi connectivity index (χ3v) is 5.19. The van der Waals surface area contributed by atoms with Gasteiger partial charge in [-0.25, -0.2) is 4.79 Å². The zero-order valence-electron chi connectivity index (χ0n) is 14.7. The summed E-state index contributed by atoms with van der Waals surface area (Å²) in [5.41, 5.74) is -1.14. The Morgan fingerprint density at radius 1 is 1.16 bits per heavy atom. The molecule has 1 fully saturated rings. The highest BCUT2D eigenvalue weighted by atomic mass is 32.2. The smallest absolute Gasteiger partial charge is 0.416 e. The maximum atomic E-state index is 12.8. The first-order valence-electron chi connectivity index (χ1n) is 8.36. The molecule has 0 heterocycles. The third-order valence-electron chi connectivity index (χ3n) is 3.86. The third kappa shape index (κ3) is 6.80. The highest BCUT2D eigenvalue weighted by Gasteiger charge is 2.31. The molecule has 2 rings (SSSR count). The number of alkyl carbamates (subject to hydrolysis) is 1. The van der Waals surface area contributed by atoms with E-state index in [4.69, 9.17) is 4.74 Å². The van der Waals surface area contributed by atoms with Gasteiger partial charge in [0, 0.05) is 16.2 Å². The monoisotopic (exact) mass is 375 g/mol. The zero-order valence-corrected chi connectivity index (χ0v) is 15.5. The lowest BCUT2D eigenvalue weighted by Crippen LogP contribution is -2.41. The number of alkyl halides is 3. The van der Waals surface area contributed by atoms with E-state index in [0.29, 0.717) is 4.90 Å². The predicted octanol–water partition coefficient (Wildman–Crippen LogP) is 5.63. The summed E-state index contributed by atoms with van der Waals surface area (Å²) >= 11 is 1.48. The second-order valence-corrected chi connectivity index (χ2v) is 8.64. The highest BCUT2D eigenvalue weighted by molar-refractivity contribution is 8.00. The number of ether oxygens (including phenoxy) is 1. The van der Waals surface area contributed by atoms with Gasteiger partial charge in [0.25, 0.3) is 0 Å². The molecule has 3 nitrogen and oxygen atoms in total. The van der Waals surface area contributed by atoms with Gasteiger partial charge in [0.2, 0.25) is 0 Å². The minimum atomic E-state index is -4.31. The Kier molecular flexibility index (Phi) is 6.30. The Morgan fingerprint density at radius 2 is 1.80 bits per heavy atom. The van der Waals surface area contributed by atoms with Crippen molar-refractivity contribution in [3.63, 3.8) is 0 Å². The van der Waals surface area contributed by atoms with Crippen molar-refractivity contribution < 1.29 is 22.7 Å². The van der Waals surface area contributed by atoms with E-state index in [0.717, 1.165) is 31.7 Å². The molecular formula is C18H24F3NO2S. The van der Waals surface area contributed by atoms with Crippen molar-refractivity contribution in [2.45, 2.75) is 74.4 Å². The van der Waals surface area contributed by atoms with Gasteiger partial charge < -0.3 is 10.1 Å². The molecule has 1 N–H and O–H groups in total. The number of nitrogens with one attached hydrogen (secondary N) is 1. The number of thioether (sulfide) groups is 1. The van der Waals surface area contributed by atoms with Crippen LogP contribution in [0.15, 0.2) is 29.2 Å². The van der Waals surface area contributed by atoms with Gasteiger partial charge in [-0.3, -0.25) is 0 Å². The fraction of sp³-hybridized carbons (Fsp3) is 0.611. The first kappa shape index (κ1) is 19.9. The van der Waals surface area contributed by atoms with E-state index in [1.54, 1.807) is 6.07 Å². The van der Waals surface area contributed by atoms with Gasteiger partial charge in [-0.1, -0.05) is 6.07 Å². The topological polar surface area (TPSA) is 38.3 Å². The van der Waals surface area contributed by atoms with Crippen molar-refractivity contribution in [1.29, 1.82) is 0 Å². The fourth-order valence-corrected chi connectivity index (χ4v) is 3.98. The van der Waals surface area contributed by atoms with Crippen molar-refractivity contribution in [2.75, 3.05) is 0 Å². The van der Waals surface area contributed by atoms with Gasteiger partial charge in [0.1, 0.15) is 5.60 Å². The lowest BCUT2D eigenvalue weighted by molar-refractivity contribution is -0.137. The maximum Gasteiger partial charge on any atom is 0.416 e. The molecule has 1 aliphatic rings. The average Bonchev–Trinajstić information content (AvgIpc) is 2.47. The number of hydrogen-bond acceptors (Lipinski definition) is 3. The number of benzene rings is 1. The minimum absolute atomic E-state index is 0.0632. The summed E-state index contributed by atoms with van der Waals surface area (Å²) in [5.74, 6) is 0. The Balaban J connectivity index is 1.82. The van der Waals surface area contributed by atoms with Gasteiger partial charge in [-0.05, 0) is 64.7 Å². The van der Waals surface area contributed by atoms with E-state index < -0.39 is 23.4 Å². The lowest BCUT2D eigenvalue weighted by Gasteiger charge is -2.29. The molecule has 1 amide bonds. The summed E-state index contributed by atoms with van der Waals surface area (Å²) in [5, 5.41) is 3.13. The standard InChI is InChI=1S/C18H24F3NO2S/c1-17(2,3)24-16(23)22-13-7-9-14(10-8-13)25-15-6-4-5-12(11-15)18(19,20)21/h4-6,11,13-14H,7-10H2,1-3H3,(H,22,23). The van der Waals surface area contributed by atoms with Gasteiger partial charge in [-0.2, -0.15) is 13.2 Å². The first-order valence-corrected chi connectivity index (χ1v) is 9.24. The van der Waals surface area contributed by atoms with Crippen LogP contribution < -0.4 is 5.32 Å². The van der Waals surface area contributed by atoms with E-state index in [1.165, 1.54) is 23.9 Å². The van der Waals surface area contributed by atoms with Crippen LogP contribution in [0, 0.1) is 0 Å². The molecule has 1 aromatic carbocycles. The number of rotatable bonds is 3. The molecule has 7 heteroatoms. The number of hydrogen-bond donors (Lipinski definition) is 1. The van der Waals surface area contributed by atoms with E-state index in [2.05, 4.69) is 5.32 Å². The van der Waals surface area contributed by atoms with Crippen LogP contribution in [0.5, 0.6) is 0 Å². The van der Waals surface area contributed by atoms with Crippen LogP contribution in [-0.2, 0) is 10.9 Å². The SMILES string of the molecule is CC(C)(C)OC(=O)NC1CCC(Sc2cccc(C(F)(F)F)c2)CC1. The minimum Gasteiger partial charge on any atom is -0.444 e. The van der Waals surface area contributed by atoms with Crippen LogP contribution in [0.25, 0.3) is 0 Å². The lowest BCUT2D eigenvalue weighted by atomic mass is 9.95. The molecule has 1 aliphatic carbocycles. The largest absolute Gasteiger partial charge is 0.444 e. The van der Waals surface area contributed by atoms with Crippen LogP contribution in [0.2, 0.25) is 0 Å². The summed E-state index contributed by atoms with van der Waals surface area (Å²) in [7, 11) is 0. The normalized spacial score (nSPS) is 21.7. The quantitative estimate of drug-likeness (QED) is 0.744. The summed E-state index contributed by atoms with van der Waals surface area (Å²) in [4.78, 5) is 12.4. The Morgan fingerprint density at radius 3 is 2.36 bits per heavy atom. The van der Waals surface area contributed by atoms with Gasteiger partial charge >= 0.3 is 12.3 Å². The molecule has 1 aromatic rings. The van der Waals surface area contributed by atoms with E-state index >= 15 is 0 Å². The van der Waals surface area contributed by atoms with E-state index in [9.17, 15) is 18.0 Å². The van der Waals surface area contributed by atoms with Gasteiger partial charge in [0.05, 0.1) is 5.56 Å². The molecule has 0 aromatic heterocycles. The molecular weight excluding hydrogens is 351 g/mol. The molecule has 0 aliphatic heterocycles. The van der Waals surface area contributed by atoms with Crippen molar-refractivity contribution in [3.8, 4) is 0 Å². The molecule has 0 unspecified atom stereocenters. The van der Waals surface area contributed by atoms with Gasteiger partial charge in [0.15, 0.2) is 0 Å². The molecule has 0 atom stereocenters. The number of halogens is 3. The number of carbonyl (C=O) groups excluding carboxylic acids is 1. The van der Waals surface area contributed by atoms with Gasteiger partial charge in [-0.15, -0.1) is 11.8 Å². The zero-order chi connectivity index (χ0) is 18.7. The van der Waals surface area contributed by atoms with Crippen LogP contribution in [0.3, 0.4) is 0 Å². The van der Waals surface area contributed by atoms with Crippen LogP contribution in [0.4, 0.5) is 18.0 Å². The molecule has 25 heavy (non-hydrogen) atoms. The van der Waals surface area contributed by atoms with Crippen molar-refractivity contribution in [3.05, 3.63) is 29.8 Å². The average molecular weight is 375 g/mol. The molecule has 0 bridgehead atoms. The predicted molar refractivity (Wildman–Crippen MR) is 92.7 cm³/mol. The highest BCUT2D eigenvalue weighted by Crippen LogP contribution is 2.37. The van der Waals surface area contributed by atoms with Crippen molar-refractivity contribution >= 4 is 17.9 Å². The second kappa shape index (κ2) is 7.89. The van der Waals surface area contributed by atoms with Crippen LogP contribution >= 0.6 is 11.8 Å². The van der Waals surface area contributed by atoms with Crippen LogP contribution in [-0.4, -0.2) is 23.0 Å². The van der Waals surface area contributed by atoms with E-state index in [-0.39, 0.29) is 11.3 Å². The fourth-order valence-electron chi connectivity index (χ4n) is 2.74. The van der Waals surface area contributed by atoms with Crippen molar-refractivity contribution in [2.24, 2.45) is 0 Å². The first-order chi connectivity index (χ1) is 11.5. The van der Waals surface area contributed by atoms with E-state index in [1.807, 2.05) is 20.8 Å².